The van der Waals surface area contributed by atoms with Crippen LogP contribution in [0.3, 0.4) is 0 Å². The van der Waals surface area contributed by atoms with Crippen molar-refractivity contribution in [2.45, 2.75) is 27.2 Å². The third kappa shape index (κ3) is 4.29. The first-order valence-corrected chi connectivity index (χ1v) is 6.41. The quantitative estimate of drug-likeness (QED) is 0.885. The van der Waals surface area contributed by atoms with E-state index >= 15 is 0 Å². The molecular formula is C15H20N2O2. The molecule has 0 atom stereocenters. The van der Waals surface area contributed by atoms with Crippen molar-refractivity contribution in [2.75, 3.05) is 13.1 Å². The zero-order chi connectivity index (χ0) is 14.4. The Kier molecular flexibility index (Phi) is 5.37. The molecule has 19 heavy (non-hydrogen) atoms. The van der Waals surface area contributed by atoms with E-state index in [0.717, 1.165) is 5.56 Å². The van der Waals surface area contributed by atoms with Gasteiger partial charge < -0.3 is 10.0 Å². The SMILES string of the molecule is Cc1ccc(O)c(C(=O)N(CCC#N)CC(C)C)c1. The molecule has 0 fully saturated rings. The van der Waals surface area contributed by atoms with Crippen molar-refractivity contribution in [3.05, 3.63) is 29.3 Å². The fourth-order valence-corrected chi connectivity index (χ4v) is 1.89. The van der Waals surface area contributed by atoms with E-state index in [1.54, 1.807) is 17.0 Å². The fraction of sp³-hybridized carbons (Fsp3) is 0.467. The molecule has 1 aromatic rings. The molecule has 4 heteroatoms. The maximum Gasteiger partial charge on any atom is 0.257 e. The summed E-state index contributed by atoms with van der Waals surface area (Å²) in [5.41, 5.74) is 1.23. The summed E-state index contributed by atoms with van der Waals surface area (Å²) in [4.78, 5) is 14.0. The summed E-state index contributed by atoms with van der Waals surface area (Å²) >= 11 is 0. The van der Waals surface area contributed by atoms with Gasteiger partial charge in [0.25, 0.3) is 5.91 Å². The number of carbonyl (C=O) groups is 1. The van der Waals surface area contributed by atoms with E-state index in [2.05, 4.69) is 0 Å². The number of hydrogen-bond acceptors (Lipinski definition) is 3. The van der Waals surface area contributed by atoms with Gasteiger partial charge in [-0.3, -0.25) is 4.79 Å². The zero-order valence-electron chi connectivity index (χ0n) is 11.7. The number of benzene rings is 1. The molecule has 0 heterocycles. The van der Waals surface area contributed by atoms with Gasteiger partial charge in [-0.25, -0.2) is 0 Å². The first kappa shape index (κ1) is 15.0. The Morgan fingerprint density at radius 3 is 2.74 bits per heavy atom. The van der Waals surface area contributed by atoms with Crippen LogP contribution < -0.4 is 0 Å². The number of nitriles is 1. The number of hydrogen-bond donors (Lipinski definition) is 1. The topological polar surface area (TPSA) is 64.3 Å². The van der Waals surface area contributed by atoms with Gasteiger partial charge in [0.2, 0.25) is 0 Å². The van der Waals surface area contributed by atoms with Crippen LogP contribution in [0.5, 0.6) is 5.75 Å². The van der Waals surface area contributed by atoms with Crippen molar-refractivity contribution in [3.63, 3.8) is 0 Å². The van der Waals surface area contributed by atoms with Gasteiger partial charge >= 0.3 is 0 Å². The van der Waals surface area contributed by atoms with Crippen LogP contribution in [0.15, 0.2) is 18.2 Å². The van der Waals surface area contributed by atoms with E-state index in [9.17, 15) is 9.90 Å². The molecule has 1 amide bonds. The number of phenols is 1. The highest BCUT2D eigenvalue weighted by Crippen LogP contribution is 2.20. The van der Waals surface area contributed by atoms with Gasteiger partial charge in [-0.15, -0.1) is 0 Å². The van der Waals surface area contributed by atoms with E-state index in [1.807, 2.05) is 26.8 Å². The van der Waals surface area contributed by atoms with Crippen molar-refractivity contribution in [3.8, 4) is 11.8 Å². The molecule has 0 saturated heterocycles. The minimum absolute atomic E-state index is 0.0127. The summed E-state index contributed by atoms with van der Waals surface area (Å²) < 4.78 is 0. The number of aromatic hydroxyl groups is 1. The highest BCUT2D eigenvalue weighted by Gasteiger charge is 2.19. The minimum atomic E-state index is -0.217. The van der Waals surface area contributed by atoms with Crippen LogP contribution in [0.4, 0.5) is 0 Å². The first-order valence-electron chi connectivity index (χ1n) is 6.41. The van der Waals surface area contributed by atoms with E-state index in [0.29, 0.717) is 31.0 Å². The summed E-state index contributed by atoms with van der Waals surface area (Å²) in [6.45, 7) is 6.87. The van der Waals surface area contributed by atoms with Gasteiger partial charge in [-0.05, 0) is 25.0 Å². The molecule has 0 aliphatic carbocycles. The highest BCUT2D eigenvalue weighted by molar-refractivity contribution is 5.97. The third-order valence-electron chi connectivity index (χ3n) is 2.75. The largest absolute Gasteiger partial charge is 0.507 e. The van der Waals surface area contributed by atoms with Gasteiger partial charge in [-0.1, -0.05) is 25.5 Å². The molecule has 1 rings (SSSR count). The minimum Gasteiger partial charge on any atom is -0.507 e. The van der Waals surface area contributed by atoms with Crippen LogP contribution in [0, 0.1) is 24.2 Å². The van der Waals surface area contributed by atoms with E-state index in [4.69, 9.17) is 5.26 Å². The van der Waals surface area contributed by atoms with E-state index < -0.39 is 0 Å². The molecule has 0 unspecified atom stereocenters. The molecule has 0 radical (unpaired) electrons. The first-order chi connectivity index (χ1) is 8.95. The molecule has 4 nitrogen and oxygen atoms in total. The zero-order valence-corrected chi connectivity index (χ0v) is 11.7. The van der Waals surface area contributed by atoms with Crippen LogP contribution in [0.2, 0.25) is 0 Å². The van der Waals surface area contributed by atoms with Crippen LogP contribution in [-0.2, 0) is 0 Å². The van der Waals surface area contributed by atoms with Gasteiger partial charge in [0.1, 0.15) is 5.75 Å². The van der Waals surface area contributed by atoms with Crippen molar-refractivity contribution in [2.24, 2.45) is 5.92 Å². The molecule has 1 aromatic carbocycles. The average Bonchev–Trinajstić information content (AvgIpc) is 2.36. The lowest BCUT2D eigenvalue weighted by atomic mass is 10.1. The Morgan fingerprint density at radius 2 is 2.16 bits per heavy atom. The van der Waals surface area contributed by atoms with Crippen LogP contribution in [-0.4, -0.2) is 29.0 Å². The molecule has 0 saturated carbocycles. The molecule has 102 valence electrons. The smallest absolute Gasteiger partial charge is 0.257 e. The van der Waals surface area contributed by atoms with Crippen molar-refractivity contribution >= 4 is 5.91 Å². The predicted molar refractivity (Wildman–Crippen MR) is 73.8 cm³/mol. The lowest BCUT2D eigenvalue weighted by Crippen LogP contribution is -2.35. The molecule has 0 bridgehead atoms. The normalized spacial score (nSPS) is 10.3. The number of rotatable bonds is 5. The third-order valence-corrected chi connectivity index (χ3v) is 2.75. The van der Waals surface area contributed by atoms with E-state index in [-0.39, 0.29) is 11.7 Å². The number of carbonyl (C=O) groups excluding carboxylic acids is 1. The second kappa shape index (κ2) is 6.79. The Morgan fingerprint density at radius 1 is 1.47 bits per heavy atom. The standard InChI is InChI=1S/C15H20N2O2/c1-11(2)10-17(8-4-7-16)15(19)13-9-12(3)5-6-14(13)18/h5-6,9,11,18H,4,8,10H2,1-3H3. The highest BCUT2D eigenvalue weighted by atomic mass is 16.3. The number of nitrogens with zero attached hydrogens (tertiary/aromatic N) is 2. The second-order valence-corrected chi connectivity index (χ2v) is 5.07. The molecule has 0 aromatic heterocycles. The Hall–Kier alpha value is -2.02. The van der Waals surface area contributed by atoms with Gasteiger partial charge in [-0.2, -0.15) is 5.26 Å². The van der Waals surface area contributed by atoms with Gasteiger partial charge in [0, 0.05) is 13.1 Å². The molecular weight excluding hydrogens is 240 g/mol. The molecule has 1 N–H and O–H groups in total. The molecule has 0 aliphatic heterocycles. The van der Waals surface area contributed by atoms with Crippen molar-refractivity contribution < 1.29 is 9.90 Å². The summed E-state index contributed by atoms with van der Waals surface area (Å²) in [5.74, 6) is 0.0843. The second-order valence-electron chi connectivity index (χ2n) is 5.07. The van der Waals surface area contributed by atoms with Crippen molar-refractivity contribution in [1.29, 1.82) is 5.26 Å². The summed E-state index contributed by atoms with van der Waals surface area (Å²) in [6, 6.07) is 7.01. The molecule has 0 aliphatic rings. The monoisotopic (exact) mass is 260 g/mol. The lowest BCUT2D eigenvalue weighted by Gasteiger charge is -2.24. The van der Waals surface area contributed by atoms with Crippen molar-refractivity contribution in [1.82, 2.24) is 4.90 Å². The van der Waals surface area contributed by atoms with Crippen LogP contribution >= 0.6 is 0 Å². The van der Waals surface area contributed by atoms with Crippen LogP contribution in [0.1, 0.15) is 36.2 Å². The summed E-state index contributed by atoms with van der Waals surface area (Å²) in [6.07, 6.45) is 0.297. The predicted octanol–water partition coefficient (Wildman–Crippen LogP) is 2.71. The maximum atomic E-state index is 12.4. The number of phenolic OH excluding ortho intramolecular Hbond substituents is 1. The maximum absolute atomic E-state index is 12.4. The lowest BCUT2D eigenvalue weighted by molar-refractivity contribution is 0.0737. The van der Waals surface area contributed by atoms with E-state index in [1.165, 1.54) is 6.07 Å². The van der Waals surface area contributed by atoms with Gasteiger partial charge in [0.05, 0.1) is 18.1 Å². The summed E-state index contributed by atoms with van der Waals surface area (Å²) in [5, 5.41) is 18.5. The Labute approximate surface area is 114 Å². The Balaban J connectivity index is 2.97. The number of aryl methyl sites for hydroxylation is 1. The van der Waals surface area contributed by atoms with Gasteiger partial charge in [0.15, 0.2) is 0 Å². The summed E-state index contributed by atoms with van der Waals surface area (Å²) in [7, 11) is 0. The number of amides is 1. The average molecular weight is 260 g/mol. The fourth-order valence-electron chi connectivity index (χ4n) is 1.89. The Bertz CT molecular complexity index is 489. The molecule has 0 spiro atoms. The van der Waals surface area contributed by atoms with Crippen LogP contribution in [0.25, 0.3) is 0 Å².